The Morgan fingerprint density at radius 3 is 2.60 bits per heavy atom. The monoisotopic (exact) mass is 663 g/mol. The number of benzene rings is 1. The van der Waals surface area contributed by atoms with E-state index in [0.29, 0.717) is 80.1 Å². The summed E-state index contributed by atoms with van der Waals surface area (Å²) in [7, 11) is 3.10. The summed E-state index contributed by atoms with van der Waals surface area (Å²) in [5, 5.41) is 4.09. The summed E-state index contributed by atoms with van der Waals surface area (Å²) in [6.45, 7) is 9.15. The predicted octanol–water partition coefficient (Wildman–Crippen LogP) is 4.44. The van der Waals surface area contributed by atoms with Crippen LogP contribution in [0.5, 0.6) is 11.5 Å². The van der Waals surface area contributed by atoms with E-state index in [0.717, 1.165) is 12.8 Å². The maximum absolute atomic E-state index is 14.2. The predicted molar refractivity (Wildman–Crippen MR) is 174 cm³/mol. The van der Waals surface area contributed by atoms with Gasteiger partial charge in [0.05, 0.1) is 68.4 Å². The molecular formula is C31H39Cl2N5O7. The Hall–Kier alpha value is -3.42. The van der Waals surface area contributed by atoms with Crippen LogP contribution < -0.4 is 20.3 Å². The van der Waals surface area contributed by atoms with Crippen molar-refractivity contribution in [2.24, 2.45) is 0 Å². The summed E-state index contributed by atoms with van der Waals surface area (Å²) in [6.07, 6.45) is 4.52. The van der Waals surface area contributed by atoms with Crippen LogP contribution in [0.25, 0.3) is 22.2 Å². The van der Waals surface area contributed by atoms with Gasteiger partial charge in [0.15, 0.2) is 0 Å². The minimum absolute atomic E-state index is 0.143. The number of nitrogens with zero attached hydrogens (tertiary/aromatic N) is 4. The number of likely N-dealkylation sites (tertiary alicyclic amines) is 1. The van der Waals surface area contributed by atoms with Crippen molar-refractivity contribution in [3.05, 3.63) is 51.4 Å². The van der Waals surface area contributed by atoms with Crippen LogP contribution in [0.1, 0.15) is 19.8 Å². The fourth-order valence-electron chi connectivity index (χ4n) is 4.68. The van der Waals surface area contributed by atoms with Gasteiger partial charge in [-0.1, -0.05) is 43.1 Å². The van der Waals surface area contributed by atoms with Gasteiger partial charge in [-0.25, -0.2) is 4.98 Å². The molecule has 3 heterocycles. The standard InChI is InChI=1S/C31H39Cl2N5O7/c1-5-7-10-45-24-16-23(42-4)27(32)26(28(24)33)22-15-20-17-35-31(34-8-11-43-14-13-41-3)36-29(20)38(30(22)40)9-12-44-21-18-37(19-21)25(39)6-2/h6,15-17,21H,2,5,7-14,18-19H2,1,3-4H3,(H,34,35,36). The van der Waals surface area contributed by atoms with Crippen LogP contribution in [0.4, 0.5) is 5.95 Å². The average Bonchev–Trinajstić information content (AvgIpc) is 3.02. The van der Waals surface area contributed by atoms with Crippen molar-refractivity contribution in [1.29, 1.82) is 0 Å². The number of hydrogen-bond acceptors (Lipinski definition) is 10. The highest BCUT2D eigenvalue weighted by molar-refractivity contribution is 6.41. The summed E-state index contributed by atoms with van der Waals surface area (Å²) in [6, 6.07) is 3.29. The zero-order chi connectivity index (χ0) is 32.3. The summed E-state index contributed by atoms with van der Waals surface area (Å²) >= 11 is 13.6. The average molecular weight is 665 g/mol. The quantitative estimate of drug-likeness (QED) is 0.154. The van der Waals surface area contributed by atoms with Gasteiger partial charge in [-0.3, -0.25) is 14.2 Å². The molecule has 0 radical (unpaired) electrons. The van der Waals surface area contributed by atoms with E-state index >= 15 is 0 Å². The number of unbranched alkanes of at least 4 members (excludes halogenated alkanes) is 1. The van der Waals surface area contributed by atoms with Gasteiger partial charge < -0.3 is 33.9 Å². The van der Waals surface area contributed by atoms with Crippen LogP contribution in [0, 0.1) is 0 Å². The van der Waals surface area contributed by atoms with Crippen LogP contribution in [-0.2, 0) is 25.5 Å². The van der Waals surface area contributed by atoms with Crippen molar-refractivity contribution < 1.29 is 28.5 Å². The fraction of sp³-hybridized carbons (Fsp3) is 0.484. The molecular weight excluding hydrogens is 625 g/mol. The third-order valence-electron chi connectivity index (χ3n) is 7.17. The van der Waals surface area contributed by atoms with Crippen molar-refractivity contribution in [1.82, 2.24) is 19.4 Å². The fourth-order valence-corrected chi connectivity index (χ4v) is 5.36. The lowest BCUT2D eigenvalue weighted by Gasteiger charge is -2.38. The summed E-state index contributed by atoms with van der Waals surface area (Å²) in [5.74, 6) is 0.879. The van der Waals surface area contributed by atoms with Crippen molar-refractivity contribution in [2.45, 2.75) is 32.4 Å². The molecule has 3 aromatic rings. The minimum Gasteiger partial charge on any atom is -0.495 e. The van der Waals surface area contributed by atoms with Crippen molar-refractivity contribution in [3.63, 3.8) is 0 Å². The van der Waals surface area contributed by atoms with Gasteiger partial charge in [0, 0.05) is 50.0 Å². The molecule has 0 saturated carbocycles. The molecule has 1 saturated heterocycles. The Kier molecular flexibility index (Phi) is 12.8. The number of methoxy groups -OCH3 is 2. The van der Waals surface area contributed by atoms with E-state index in [-0.39, 0.29) is 46.3 Å². The molecule has 0 spiro atoms. The summed E-state index contributed by atoms with van der Waals surface area (Å²) in [4.78, 5) is 36.7. The molecule has 0 atom stereocenters. The highest BCUT2D eigenvalue weighted by Gasteiger charge is 2.30. The van der Waals surface area contributed by atoms with Gasteiger partial charge in [0.2, 0.25) is 11.9 Å². The number of hydrogen-bond donors (Lipinski definition) is 1. The molecule has 45 heavy (non-hydrogen) atoms. The molecule has 14 heteroatoms. The second-order valence-electron chi connectivity index (χ2n) is 10.2. The van der Waals surface area contributed by atoms with E-state index in [4.69, 9.17) is 46.9 Å². The third-order valence-corrected chi connectivity index (χ3v) is 7.92. The van der Waals surface area contributed by atoms with Crippen LogP contribution in [-0.4, -0.2) is 98.3 Å². The smallest absolute Gasteiger partial charge is 0.260 e. The van der Waals surface area contributed by atoms with Gasteiger partial charge in [0.25, 0.3) is 5.56 Å². The number of anilines is 1. The largest absolute Gasteiger partial charge is 0.495 e. The zero-order valence-electron chi connectivity index (χ0n) is 25.8. The molecule has 1 fully saturated rings. The number of carbonyl (C=O) groups excluding carboxylic acids is 1. The third kappa shape index (κ3) is 8.44. The van der Waals surface area contributed by atoms with Crippen molar-refractivity contribution >= 4 is 46.1 Å². The summed E-state index contributed by atoms with van der Waals surface area (Å²) < 4.78 is 29.4. The molecule has 0 bridgehead atoms. The number of aromatic nitrogens is 3. The Morgan fingerprint density at radius 2 is 1.89 bits per heavy atom. The molecule has 4 rings (SSSR count). The highest BCUT2D eigenvalue weighted by Crippen LogP contribution is 2.45. The Morgan fingerprint density at radius 1 is 1.11 bits per heavy atom. The lowest BCUT2D eigenvalue weighted by Crippen LogP contribution is -2.54. The molecule has 1 aromatic carbocycles. The molecule has 1 aliphatic rings. The number of nitrogens with one attached hydrogen (secondary N) is 1. The van der Waals surface area contributed by atoms with Gasteiger partial charge in [-0.2, -0.15) is 4.98 Å². The topological polar surface area (TPSA) is 126 Å². The Balaban J connectivity index is 1.69. The zero-order valence-corrected chi connectivity index (χ0v) is 27.3. The van der Waals surface area contributed by atoms with Crippen molar-refractivity contribution in [3.8, 4) is 22.6 Å². The van der Waals surface area contributed by atoms with E-state index in [9.17, 15) is 9.59 Å². The Bertz CT molecular complexity index is 1550. The number of halogens is 2. The van der Waals surface area contributed by atoms with Crippen LogP contribution in [0.3, 0.4) is 0 Å². The van der Waals surface area contributed by atoms with E-state index < -0.39 is 0 Å². The van der Waals surface area contributed by atoms with E-state index in [2.05, 4.69) is 28.8 Å². The van der Waals surface area contributed by atoms with Gasteiger partial charge >= 0.3 is 0 Å². The minimum atomic E-state index is -0.382. The molecule has 1 aliphatic heterocycles. The maximum Gasteiger partial charge on any atom is 0.260 e. The number of pyridine rings is 1. The first-order chi connectivity index (χ1) is 21.8. The van der Waals surface area contributed by atoms with Crippen molar-refractivity contribution in [2.75, 3.05) is 72.2 Å². The molecule has 1 N–H and O–H groups in total. The maximum atomic E-state index is 14.2. The number of ether oxygens (including phenoxy) is 5. The van der Waals surface area contributed by atoms with Crippen LogP contribution in [0.2, 0.25) is 10.0 Å². The van der Waals surface area contributed by atoms with Gasteiger partial charge in [-0.05, 0) is 18.6 Å². The second kappa shape index (κ2) is 16.8. The van der Waals surface area contributed by atoms with Gasteiger partial charge in [0.1, 0.15) is 17.1 Å². The highest BCUT2D eigenvalue weighted by atomic mass is 35.5. The number of carbonyl (C=O) groups is 1. The Labute approximate surface area is 272 Å². The first-order valence-corrected chi connectivity index (χ1v) is 15.5. The van der Waals surface area contributed by atoms with Crippen LogP contribution >= 0.6 is 23.2 Å². The van der Waals surface area contributed by atoms with E-state index in [1.165, 1.54) is 17.8 Å². The normalized spacial score (nSPS) is 13.1. The lowest BCUT2D eigenvalue weighted by molar-refractivity contribution is -0.139. The van der Waals surface area contributed by atoms with Crippen LogP contribution in [0.15, 0.2) is 35.8 Å². The molecule has 0 aliphatic carbocycles. The molecule has 1 amide bonds. The first kappa shape index (κ1) is 34.5. The number of rotatable bonds is 18. The SMILES string of the molecule is C=CC(=O)N1CC(OCCn2c(=O)c(-c3c(Cl)c(OC)cc(OCCCC)c3Cl)cc3cnc(NCCOCCOC)nc32)C1. The molecule has 12 nitrogen and oxygen atoms in total. The number of amides is 1. The van der Waals surface area contributed by atoms with Gasteiger partial charge in [-0.15, -0.1) is 0 Å². The van der Waals surface area contributed by atoms with E-state index in [1.54, 1.807) is 30.3 Å². The second-order valence-corrected chi connectivity index (χ2v) is 11.0. The van der Waals surface area contributed by atoms with E-state index in [1.807, 2.05) is 0 Å². The molecule has 0 unspecified atom stereocenters. The number of fused-ring (bicyclic) bond motifs is 1. The molecule has 244 valence electrons. The first-order valence-electron chi connectivity index (χ1n) is 14.8. The molecule has 2 aromatic heterocycles. The summed E-state index contributed by atoms with van der Waals surface area (Å²) in [5.41, 5.74) is 0.543. The lowest BCUT2D eigenvalue weighted by atomic mass is 10.0.